The molecule has 2 rings (SSSR count). The summed E-state index contributed by atoms with van der Waals surface area (Å²) in [5, 5.41) is 8.80. The second kappa shape index (κ2) is 4.32. The maximum Gasteiger partial charge on any atom is 0.414 e. The Balaban J connectivity index is 2.30. The van der Waals surface area contributed by atoms with Gasteiger partial charge in [-0.25, -0.2) is 14.1 Å². The molecule has 17 heavy (non-hydrogen) atoms. The summed E-state index contributed by atoms with van der Waals surface area (Å²) in [4.78, 5) is 27.2. The van der Waals surface area contributed by atoms with Gasteiger partial charge in [-0.3, -0.25) is 9.79 Å². The maximum atomic E-state index is 12.7. The average Bonchev–Trinajstić information content (AvgIpc) is 2.30. The Labute approximate surface area is 96.2 Å². The third-order valence-electron chi connectivity index (χ3n) is 2.44. The normalized spacial score (nSPS) is 19.5. The minimum Gasteiger partial charge on any atom is -0.465 e. The largest absolute Gasteiger partial charge is 0.465 e. The lowest BCUT2D eigenvalue weighted by atomic mass is 10.1. The van der Waals surface area contributed by atoms with Crippen LogP contribution in [0.1, 0.15) is 11.6 Å². The predicted octanol–water partition coefficient (Wildman–Crippen LogP) is 1.46. The Kier molecular flexibility index (Phi) is 2.86. The Hall–Kier alpha value is -2.24. The van der Waals surface area contributed by atoms with Crippen LogP contribution in [0, 0.1) is 5.82 Å². The van der Waals surface area contributed by atoms with Crippen LogP contribution in [0.5, 0.6) is 0 Å². The van der Waals surface area contributed by atoms with Crippen molar-refractivity contribution in [2.75, 3.05) is 6.54 Å². The highest BCUT2D eigenvalue weighted by Crippen LogP contribution is 2.22. The fourth-order valence-corrected chi connectivity index (χ4v) is 1.58. The van der Waals surface area contributed by atoms with Gasteiger partial charge in [0.05, 0.1) is 6.54 Å². The molecule has 0 aromatic heterocycles. The molecule has 1 heterocycles. The van der Waals surface area contributed by atoms with E-state index in [1.54, 1.807) is 0 Å². The quantitative estimate of drug-likeness (QED) is 0.802. The number of rotatable bonds is 1. The van der Waals surface area contributed by atoms with E-state index in [0.29, 0.717) is 10.5 Å². The van der Waals surface area contributed by atoms with Crippen molar-refractivity contribution < 1.29 is 19.1 Å². The van der Waals surface area contributed by atoms with E-state index in [2.05, 4.69) is 4.99 Å². The van der Waals surface area contributed by atoms with E-state index in [9.17, 15) is 14.0 Å². The molecule has 6 heteroatoms. The standard InChI is InChI=1S/C11H9FN2O3/c12-8-3-1-7(2-4-8)9-10(15)14(11(16)17)6-5-13-9/h1-5,9H,6H2,(H,16,17). The molecule has 5 nitrogen and oxygen atoms in total. The van der Waals surface area contributed by atoms with Crippen LogP contribution in [0.3, 0.4) is 0 Å². The van der Waals surface area contributed by atoms with Crippen molar-refractivity contribution in [3.8, 4) is 0 Å². The molecule has 1 aromatic rings. The molecule has 1 aliphatic rings. The third-order valence-corrected chi connectivity index (χ3v) is 2.44. The molecule has 0 saturated heterocycles. The Morgan fingerprint density at radius 3 is 2.65 bits per heavy atom. The highest BCUT2D eigenvalue weighted by Gasteiger charge is 2.31. The zero-order valence-electron chi connectivity index (χ0n) is 8.71. The number of imide groups is 1. The van der Waals surface area contributed by atoms with Crippen LogP contribution in [0.25, 0.3) is 0 Å². The number of halogens is 1. The van der Waals surface area contributed by atoms with Gasteiger partial charge in [0.1, 0.15) is 5.82 Å². The smallest absolute Gasteiger partial charge is 0.414 e. The molecule has 1 unspecified atom stereocenters. The number of benzene rings is 1. The van der Waals surface area contributed by atoms with Crippen LogP contribution in [-0.4, -0.2) is 34.8 Å². The van der Waals surface area contributed by atoms with Crippen molar-refractivity contribution in [1.82, 2.24) is 4.90 Å². The van der Waals surface area contributed by atoms with Crippen LogP contribution < -0.4 is 0 Å². The highest BCUT2D eigenvalue weighted by atomic mass is 19.1. The van der Waals surface area contributed by atoms with Gasteiger partial charge in [-0.05, 0) is 17.7 Å². The lowest BCUT2D eigenvalue weighted by Crippen LogP contribution is -2.42. The summed E-state index contributed by atoms with van der Waals surface area (Å²) in [5.74, 6) is -1.04. The fourth-order valence-electron chi connectivity index (χ4n) is 1.58. The van der Waals surface area contributed by atoms with Crippen molar-refractivity contribution in [3.05, 3.63) is 35.6 Å². The SMILES string of the molecule is O=C(O)N1CC=NC(c2ccc(F)cc2)C1=O. The molecule has 0 bridgehead atoms. The summed E-state index contributed by atoms with van der Waals surface area (Å²) in [5.41, 5.74) is 0.471. The zero-order valence-corrected chi connectivity index (χ0v) is 8.71. The second-order valence-electron chi connectivity index (χ2n) is 3.52. The van der Waals surface area contributed by atoms with Crippen molar-refractivity contribution in [2.45, 2.75) is 6.04 Å². The van der Waals surface area contributed by atoms with Crippen LogP contribution >= 0.6 is 0 Å². The molecule has 2 amide bonds. The summed E-state index contributed by atoms with van der Waals surface area (Å²) in [7, 11) is 0. The van der Waals surface area contributed by atoms with Crippen molar-refractivity contribution in [1.29, 1.82) is 0 Å². The summed E-state index contributed by atoms with van der Waals surface area (Å²) < 4.78 is 12.7. The zero-order chi connectivity index (χ0) is 12.4. The molecular formula is C11H9FN2O3. The summed E-state index contributed by atoms with van der Waals surface area (Å²) in [6.07, 6.45) is 0.0528. The van der Waals surface area contributed by atoms with E-state index in [1.165, 1.54) is 30.5 Å². The second-order valence-corrected chi connectivity index (χ2v) is 3.52. The molecule has 1 N–H and O–H groups in total. The first kappa shape index (κ1) is 11.3. The third kappa shape index (κ3) is 2.15. The molecule has 0 spiro atoms. The first-order valence-corrected chi connectivity index (χ1v) is 4.91. The molecule has 88 valence electrons. The Bertz CT molecular complexity index is 484. The predicted molar refractivity (Wildman–Crippen MR) is 57.4 cm³/mol. The highest BCUT2D eigenvalue weighted by molar-refractivity contribution is 5.99. The maximum absolute atomic E-state index is 12.7. The van der Waals surface area contributed by atoms with E-state index < -0.39 is 23.9 Å². The van der Waals surface area contributed by atoms with Crippen LogP contribution in [-0.2, 0) is 4.79 Å². The van der Waals surface area contributed by atoms with E-state index >= 15 is 0 Å². The first-order chi connectivity index (χ1) is 8.09. The van der Waals surface area contributed by atoms with Crippen molar-refractivity contribution >= 4 is 18.2 Å². The van der Waals surface area contributed by atoms with E-state index in [-0.39, 0.29) is 6.54 Å². The first-order valence-electron chi connectivity index (χ1n) is 4.91. The molecule has 0 aliphatic carbocycles. The molecule has 0 radical (unpaired) electrons. The van der Waals surface area contributed by atoms with Crippen LogP contribution in [0.15, 0.2) is 29.3 Å². The van der Waals surface area contributed by atoms with Gasteiger partial charge in [-0.15, -0.1) is 0 Å². The van der Waals surface area contributed by atoms with Gasteiger partial charge in [0.2, 0.25) is 0 Å². The average molecular weight is 236 g/mol. The Morgan fingerprint density at radius 1 is 1.41 bits per heavy atom. The summed E-state index contributed by atoms with van der Waals surface area (Å²) in [6.45, 7) is -0.0497. The van der Waals surface area contributed by atoms with Gasteiger partial charge in [0.15, 0.2) is 6.04 Å². The lowest BCUT2D eigenvalue weighted by Gasteiger charge is -2.23. The van der Waals surface area contributed by atoms with E-state index in [1.807, 2.05) is 0 Å². The lowest BCUT2D eigenvalue weighted by molar-refractivity contribution is -0.130. The van der Waals surface area contributed by atoms with Gasteiger partial charge < -0.3 is 5.11 Å². The minimum atomic E-state index is -1.31. The van der Waals surface area contributed by atoms with Gasteiger partial charge in [0, 0.05) is 6.21 Å². The van der Waals surface area contributed by atoms with E-state index in [4.69, 9.17) is 5.11 Å². The van der Waals surface area contributed by atoms with Gasteiger partial charge in [0.25, 0.3) is 5.91 Å². The minimum absolute atomic E-state index is 0.0497. The monoisotopic (exact) mass is 236 g/mol. The van der Waals surface area contributed by atoms with E-state index in [0.717, 1.165) is 0 Å². The van der Waals surface area contributed by atoms with Crippen LogP contribution in [0.2, 0.25) is 0 Å². The molecule has 0 fully saturated rings. The number of carboxylic acid groups (broad SMARTS) is 1. The van der Waals surface area contributed by atoms with Gasteiger partial charge >= 0.3 is 6.09 Å². The fraction of sp³-hybridized carbons (Fsp3) is 0.182. The molecule has 1 aliphatic heterocycles. The number of hydrogen-bond acceptors (Lipinski definition) is 3. The summed E-state index contributed by atoms with van der Waals surface area (Å²) in [6, 6.07) is 4.34. The number of aliphatic imine (C=N–C) groups is 1. The number of amides is 2. The molecular weight excluding hydrogens is 227 g/mol. The summed E-state index contributed by atoms with van der Waals surface area (Å²) >= 11 is 0. The number of hydrogen-bond donors (Lipinski definition) is 1. The van der Waals surface area contributed by atoms with Crippen LogP contribution in [0.4, 0.5) is 9.18 Å². The van der Waals surface area contributed by atoms with Gasteiger partial charge in [-0.1, -0.05) is 12.1 Å². The Morgan fingerprint density at radius 2 is 2.06 bits per heavy atom. The number of carbonyl (C=O) groups excluding carboxylic acids is 1. The number of carbonyl (C=O) groups is 2. The van der Waals surface area contributed by atoms with Gasteiger partial charge in [-0.2, -0.15) is 0 Å². The van der Waals surface area contributed by atoms with Crippen molar-refractivity contribution in [3.63, 3.8) is 0 Å². The number of nitrogens with zero attached hydrogens (tertiary/aromatic N) is 2. The van der Waals surface area contributed by atoms with Crippen molar-refractivity contribution in [2.24, 2.45) is 4.99 Å². The molecule has 1 atom stereocenters. The molecule has 1 aromatic carbocycles. The topological polar surface area (TPSA) is 70.0 Å². The molecule has 0 saturated carbocycles.